The van der Waals surface area contributed by atoms with E-state index in [9.17, 15) is 18.0 Å². The molecular weight excluding hydrogens is 437 g/mol. The van der Waals surface area contributed by atoms with Crippen molar-refractivity contribution in [2.75, 3.05) is 37.4 Å². The van der Waals surface area contributed by atoms with Crippen molar-refractivity contribution in [3.05, 3.63) is 36.2 Å². The molecule has 3 heterocycles. The topological polar surface area (TPSA) is 104 Å². The predicted molar refractivity (Wildman–Crippen MR) is 119 cm³/mol. The Hall–Kier alpha value is -3.34. The van der Waals surface area contributed by atoms with E-state index < -0.39 is 17.8 Å². The van der Waals surface area contributed by atoms with E-state index in [4.69, 9.17) is 0 Å². The number of alkyl halides is 3. The second kappa shape index (κ2) is 9.65. The number of nitrogens with zero attached hydrogens (tertiary/aromatic N) is 2. The molecule has 1 aliphatic rings. The highest BCUT2D eigenvalue weighted by Crippen LogP contribution is 2.39. The van der Waals surface area contributed by atoms with Gasteiger partial charge in [0.1, 0.15) is 5.56 Å². The maximum Gasteiger partial charge on any atom is 0.419 e. The lowest BCUT2D eigenvalue weighted by molar-refractivity contribution is -0.137. The van der Waals surface area contributed by atoms with Gasteiger partial charge in [0, 0.05) is 29.9 Å². The normalized spacial score (nSPS) is 16.5. The molecule has 33 heavy (non-hydrogen) atoms. The third kappa shape index (κ3) is 5.19. The number of fused-ring (bicyclic) bond motifs is 1. The molecule has 1 aliphatic heterocycles. The number of amides is 1. The molecule has 4 N–H and O–H groups in total. The third-order valence-electron chi connectivity index (χ3n) is 5.72. The highest BCUT2D eigenvalue weighted by atomic mass is 19.4. The monoisotopic (exact) mass is 462 g/mol. The van der Waals surface area contributed by atoms with E-state index in [1.807, 2.05) is 0 Å². The Labute approximate surface area is 188 Å². The molecule has 0 unspecified atom stereocenters. The Morgan fingerprint density at radius 3 is 2.91 bits per heavy atom. The van der Waals surface area contributed by atoms with Gasteiger partial charge in [0.2, 0.25) is 5.95 Å². The lowest BCUT2D eigenvalue weighted by atomic mass is 9.96. The minimum atomic E-state index is -4.63. The van der Waals surface area contributed by atoms with Crippen LogP contribution in [0.15, 0.2) is 30.6 Å². The zero-order valence-electron chi connectivity index (χ0n) is 18.1. The number of halogens is 3. The molecule has 1 saturated heterocycles. The number of anilines is 2. The number of methoxy groups -OCH3 is 1. The number of hydrogen-bond acceptors (Lipinski definition) is 6. The summed E-state index contributed by atoms with van der Waals surface area (Å²) in [5.41, 5.74) is -0.0677. The number of nitrogens with one attached hydrogen (secondary N) is 4. The van der Waals surface area contributed by atoms with Crippen molar-refractivity contribution in [1.29, 1.82) is 0 Å². The van der Waals surface area contributed by atoms with Gasteiger partial charge in [0.25, 0.3) is 0 Å². The fourth-order valence-corrected chi connectivity index (χ4v) is 4.05. The van der Waals surface area contributed by atoms with Gasteiger partial charge in [-0.15, -0.1) is 0 Å². The van der Waals surface area contributed by atoms with Crippen molar-refractivity contribution < 1.29 is 22.7 Å². The third-order valence-corrected chi connectivity index (χ3v) is 5.72. The summed E-state index contributed by atoms with van der Waals surface area (Å²) >= 11 is 0. The van der Waals surface area contributed by atoms with Crippen LogP contribution in [0.2, 0.25) is 0 Å². The summed E-state index contributed by atoms with van der Waals surface area (Å²) in [6, 6.07) is 4.92. The van der Waals surface area contributed by atoms with E-state index >= 15 is 0 Å². The van der Waals surface area contributed by atoms with E-state index in [0.29, 0.717) is 29.1 Å². The van der Waals surface area contributed by atoms with Crippen LogP contribution in [0.1, 0.15) is 24.8 Å². The maximum absolute atomic E-state index is 13.8. The summed E-state index contributed by atoms with van der Waals surface area (Å²) < 4.78 is 45.9. The van der Waals surface area contributed by atoms with Gasteiger partial charge >= 0.3 is 12.3 Å². The molecule has 1 aromatic carbocycles. The lowest BCUT2D eigenvalue weighted by Gasteiger charge is -2.22. The van der Waals surface area contributed by atoms with Crippen LogP contribution in [0, 0.1) is 5.92 Å². The zero-order chi connectivity index (χ0) is 23.4. The number of piperidine rings is 1. The Balaban J connectivity index is 1.65. The average Bonchev–Trinajstić information content (AvgIpc) is 3.24. The first-order valence-corrected chi connectivity index (χ1v) is 10.7. The van der Waals surface area contributed by atoms with Crippen LogP contribution in [-0.4, -0.2) is 47.8 Å². The van der Waals surface area contributed by atoms with Crippen LogP contribution in [-0.2, 0) is 10.9 Å². The van der Waals surface area contributed by atoms with Gasteiger partial charge in [0.15, 0.2) is 0 Å². The summed E-state index contributed by atoms with van der Waals surface area (Å²) in [5, 5.41) is 9.44. The quantitative estimate of drug-likeness (QED) is 0.426. The number of benzene rings is 1. The molecule has 3 aromatic rings. The van der Waals surface area contributed by atoms with Gasteiger partial charge in [-0.2, -0.15) is 13.2 Å². The molecule has 0 aliphatic carbocycles. The Morgan fingerprint density at radius 2 is 2.18 bits per heavy atom. The molecule has 1 amide bonds. The number of carbonyl (C=O) groups excluding carboxylic acids is 1. The van der Waals surface area contributed by atoms with Crippen LogP contribution in [0.4, 0.5) is 29.6 Å². The smallest absolute Gasteiger partial charge is 0.419 e. The van der Waals surface area contributed by atoms with Crippen molar-refractivity contribution in [2.24, 2.45) is 5.92 Å². The molecule has 1 atom stereocenters. The highest BCUT2D eigenvalue weighted by molar-refractivity contribution is 6.04. The molecule has 0 radical (unpaired) electrons. The van der Waals surface area contributed by atoms with E-state index in [0.717, 1.165) is 38.5 Å². The van der Waals surface area contributed by atoms with Crippen molar-refractivity contribution in [1.82, 2.24) is 20.3 Å². The van der Waals surface area contributed by atoms with Crippen molar-refractivity contribution >= 4 is 28.6 Å². The van der Waals surface area contributed by atoms with E-state index in [1.165, 1.54) is 13.3 Å². The van der Waals surface area contributed by atoms with Crippen LogP contribution < -0.4 is 16.0 Å². The van der Waals surface area contributed by atoms with E-state index in [-0.39, 0.29) is 17.2 Å². The van der Waals surface area contributed by atoms with Crippen LogP contribution in [0.5, 0.6) is 0 Å². The second-order valence-electron chi connectivity index (χ2n) is 7.93. The number of aromatic nitrogens is 3. The molecule has 4 rings (SSSR count). The Bertz CT molecular complexity index is 1130. The van der Waals surface area contributed by atoms with Gasteiger partial charge in [-0.05, 0) is 44.3 Å². The molecule has 0 bridgehead atoms. The second-order valence-corrected chi connectivity index (χ2v) is 7.93. The first-order valence-electron chi connectivity index (χ1n) is 10.7. The molecule has 8 nitrogen and oxygen atoms in total. The molecular formula is C22H25F3N6O2. The van der Waals surface area contributed by atoms with Gasteiger partial charge < -0.3 is 20.4 Å². The summed E-state index contributed by atoms with van der Waals surface area (Å²) in [6.07, 6.45) is 0.0699. The minimum absolute atomic E-state index is 0.139. The predicted octanol–water partition coefficient (Wildman–Crippen LogP) is 4.62. The summed E-state index contributed by atoms with van der Waals surface area (Å²) in [7, 11) is 1.23. The van der Waals surface area contributed by atoms with Crippen LogP contribution in [0.25, 0.3) is 22.2 Å². The first kappa shape index (κ1) is 22.8. The average molecular weight is 462 g/mol. The molecule has 11 heteroatoms. The zero-order valence-corrected chi connectivity index (χ0v) is 18.1. The van der Waals surface area contributed by atoms with Gasteiger partial charge in [-0.25, -0.2) is 14.8 Å². The SMILES string of the molecule is COC(=O)Nc1cccc2c(-c3nc(NCC[C@@H]4CCCNC4)ncc3C(F)(F)F)c[nH]c12. The van der Waals surface area contributed by atoms with Crippen LogP contribution >= 0.6 is 0 Å². The van der Waals surface area contributed by atoms with Crippen LogP contribution in [0.3, 0.4) is 0 Å². The molecule has 176 valence electrons. The molecule has 2 aromatic heterocycles. The van der Waals surface area contributed by atoms with Crippen molar-refractivity contribution in [3.8, 4) is 11.3 Å². The fourth-order valence-electron chi connectivity index (χ4n) is 4.05. The number of aromatic amines is 1. The number of hydrogen-bond donors (Lipinski definition) is 4. The largest absolute Gasteiger partial charge is 0.453 e. The van der Waals surface area contributed by atoms with Gasteiger partial charge in [0.05, 0.1) is 24.0 Å². The van der Waals surface area contributed by atoms with Crippen molar-refractivity contribution in [3.63, 3.8) is 0 Å². The van der Waals surface area contributed by atoms with E-state index in [2.05, 4.69) is 35.6 Å². The number of H-pyrrole nitrogens is 1. The van der Waals surface area contributed by atoms with Gasteiger partial charge in [-0.1, -0.05) is 12.1 Å². The summed E-state index contributed by atoms with van der Waals surface area (Å²) in [4.78, 5) is 22.7. The van der Waals surface area contributed by atoms with Gasteiger partial charge in [-0.3, -0.25) is 5.32 Å². The molecule has 0 saturated carbocycles. The summed E-state index contributed by atoms with van der Waals surface area (Å²) in [6.45, 7) is 2.53. The number of carbonyl (C=O) groups is 1. The van der Waals surface area contributed by atoms with E-state index in [1.54, 1.807) is 18.2 Å². The molecule has 1 fully saturated rings. The van der Waals surface area contributed by atoms with Crippen molar-refractivity contribution in [2.45, 2.75) is 25.4 Å². The summed E-state index contributed by atoms with van der Waals surface area (Å²) in [5.74, 6) is 0.662. The number of ether oxygens (including phenoxy) is 1. The lowest BCUT2D eigenvalue weighted by Crippen LogP contribution is -2.30. The minimum Gasteiger partial charge on any atom is -0.453 e. The Morgan fingerprint density at radius 1 is 1.33 bits per heavy atom. The molecule has 0 spiro atoms. The fraction of sp³-hybridized carbons (Fsp3) is 0.409. The first-order chi connectivity index (χ1) is 15.9. The maximum atomic E-state index is 13.8. The standard InChI is InChI=1S/C22H25F3N6O2/c1-33-21(32)30-17-6-2-5-14-15(11-28-19(14)17)18-16(22(23,24)25)12-29-20(31-18)27-9-7-13-4-3-8-26-10-13/h2,5-6,11-13,26,28H,3-4,7-10H2,1H3,(H,30,32)(H,27,29,31)/t13-/m0/s1. The number of rotatable bonds is 6. The highest BCUT2D eigenvalue weighted by Gasteiger charge is 2.36. The Kier molecular flexibility index (Phi) is 6.68. The number of para-hydroxylation sites is 1.